The lowest BCUT2D eigenvalue weighted by Gasteiger charge is -2.24. The van der Waals surface area contributed by atoms with Gasteiger partial charge in [-0.2, -0.15) is 0 Å². The lowest BCUT2D eigenvalue weighted by atomic mass is 9.83. The molecule has 1 rings (SSSR count). The van der Waals surface area contributed by atoms with Gasteiger partial charge in [-0.05, 0) is 18.8 Å². The second-order valence-electron chi connectivity index (χ2n) is 3.28. The minimum atomic E-state index is 0.253. The zero-order valence-corrected chi connectivity index (χ0v) is 7.09. The Balaban J connectivity index is 1.73. The maximum Gasteiger partial charge on any atom is 0.0487 e. The number of aliphatic hydroxyl groups is 1. The van der Waals surface area contributed by atoms with Gasteiger partial charge in [0, 0.05) is 19.8 Å². The summed E-state index contributed by atoms with van der Waals surface area (Å²) in [5.41, 5.74) is 0. The smallest absolute Gasteiger partial charge is 0.0487 e. The highest BCUT2D eigenvalue weighted by Gasteiger charge is 2.16. The first-order valence-corrected chi connectivity index (χ1v) is 4.62. The zero-order chi connectivity index (χ0) is 7.94. The molecule has 0 heterocycles. The van der Waals surface area contributed by atoms with Crippen molar-refractivity contribution in [3.63, 3.8) is 0 Å². The Morgan fingerprint density at radius 3 is 2.64 bits per heavy atom. The molecule has 0 unspecified atom stereocenters. The van der Waals surface area contributed by atoms with Gasteiger partial charge in [-0.3, -0.25) is 0 Å². The highest BCUT2D eigenvalue weighted by Crippen LogP contribution is 2.28. The van der Waals surface area contributed by atoms with E-state index in [9.17, 15) is 0 Å². The normalized spacial score (nSPS) is 18.3. The van der Waals surface area contributed by atoms with Crippen LogP contribution in [-0.2, 0) is 4.74 Å². The average molecular weight is 158 g/mol. The van der Waals surface area contributed by atoms with Crippen molar-refractivity contribution >= 4 is 0 Å². The molecule has 0 aromatic rings. The van der Waals surface area contributed by atoms with Crippen LogP contribution >= 0.6 is 0 Å². The van der Waals surface area contributed by atoms with E-state index in [4.69, 9.17) is 9.84 Å². The molecule has 0 spiro atoms. The molecule has 0 aliphatic heterocycles. The molecule has 0 atom stereocenters. The van der Waals surface area contributed by atoms with Crippen molar-refractivity contribution in [3.05, 3.63) is 0 Å². The molecular weight excluding hydrogens is 140 g/mol. The van der Waals surface area contributed by atoms with Crippen molar-refractivity contribution in [2.24, 2.45) is 5.92 Å². The van der Waals surface area contributed by atoms with Gasteiger partial charge in [0.2, 0.25) is 0 Å². The number of rotatable bonds is 6. The number of hydrogen-bond acceptors (Lipinski definition) is 2. The van der Waals surface area contributed by atoms with Crippen LogP contribution < -0.4 is 0 Å². The molecule has 0 bridgehead atoms. The van der Waals surface area contributed by atoms with Gasteiger partial charge in [-0.15, -0.1) is 0 Å². The van der Waals surface area contributed by atoms with Gasteiger partial charge in [0.15, 0.2) is 0 Å². The summed E-state index contributed by atoms with van der Waals surface area (Å²) in [6.45, 7) is 1.87. The molecule has 11 heavy (non-hydrogen) atoms. The van der Waals surface area contributed by atoms with Crippen molar-refractivity contribution < 1.29 is 9.84 Å². The third-order valence-corrected chi connectivity index (χ3v) is 2.34. The van der Waals surface area contributed by atoms with Gasteiger partial charge in [0.25, 0.3) is 0 Å². The van der Waals surface area contributed by atoms with Crippen molar-refractivity contribution in [3.8, 4) is 0 Å². The standard InChI is InChI=1S/C9H18O2/c10-6-2-7-11-8-5-9-3-1-4-9/h9-10H,1-8H2. The molecule has 2 nitrogen and oxygen atoms in total. The molecule has 1 saturated carbocycles. The van der Waals surface area contributed by atoms with Crippen molar-refractivity contribution in [2.45, 2.75) is 32.1 Å². The summed E-state index contributed by atoms with van der Waals surface area (Å²) in [7, 11) is 0. The lowest BCUT2D eigenvalue weighted by molar-refractivity contribution is 0.0938. The fraction of sp³-hybridized carbons (Fsp3) is 1.00. The molecule has 0 aromatic heterocycles. The molecule has 1 aliphatic carbocycles. The van der Waals surface area contributed by atoms with Crippen molar-refractivity contribution in [1.29, 1.82) is 0 Å². The third-order valence-electron chi connectivity index (χ3n) is 2.34. The van der Waals surface area contributed by atoms with Gasteiger partial charge in [-0.1, -0.05) is 19.3 Å². The topological polar surface area (TPSA) is 29.5 Å². The quantitative estimate of drug-likeness (QED) is 0.595. The minimum Gasteiger partial charge on any atom is -0.396 e. The van der Waals surface area contributed by atoms with Gasteiger partial charge in [0.1, 0.15) is 0 Å². The lowest BCUT2D eigenvalue weighted by Crippen LogP contribution is -2.13. The van der Waals surface area contributed by atoms with Crippen molar-refractivity contribution in [1.82, 2.24) is 0 Å². The molecule has 66 valence electrons. The van der Waals surface area contributed by atoms with E-state index >= 15 is 0 Å². The third kappa shape index (κ3) is 3.73. The van der Waals surface area contributed by atoms with Crippen LogP contribution in [0.2, 0.25) is 0 Å². The van der Waals surface area contributed by atoms with E-state index in [-0.39, 0.29) is 6.61 Å². The molecule has 1 N–H and O–H groups in total. The van der Waals surface area contributed by atoms with Gasteiger partial charge in [0.05, 0.1) is 0 Å². The van der Waals surface area contributed by atoms with Crippen LogP contribution in [0.25, 0.3) is 0 Å². The zero-order valence-electron chi connectivity index (χ0n) is 7.09. The van der Waals surface area contributed by atoms with Crippen LogP contribution in [0, 0.1) is 5.92 Å². The average Bonchev–Trinajstić information content (AvgIpc) is 1.93. The van der Waals surface area contributed by atoms with Crippen LogP contribution in [0.15, 0.2) is 0 Å². The fourth-order valence-electron chi connectivity index (χ4n) is 1.30. The first-order chi connectivity index (χ1) is 5.43. The Hall–Kier alpha value is -0.0800. The largest absolute Gasteiger partial charge is 0.396 e. The molecule has 0 radical (unpaired) electrons. The van der Waals surface area contributed by atoms with E-state index in [1.807, 2.05) is 0 Å². The second-order valence-corrected chi connectivity index (χ2v) is 3.28. The first-order valence-electron chi connectivity index (χ1n) is 4.62. The summed E-state index contributed by atoms with van der Waals surface area (Å²) >= 11 is 0. The van der Waals surface area contributed by atoms with Crippen LogP contribution in [0.5, 0.6) is 0 Å². The SMILES string of the molecule is OCCCOCCC1CCC1. The minimum absolute atomic E-state index is 0.253. The highest BCUT2D eigenvalue weighted by atomic mass is 16.5. The van der Waals surface area contributed by atoms with Crippen LogP contribution in [-0.4, -0.2) is 24.9 Å². The molecule has 0 aromatic carbocycles. The number of aliphatic hydroxyl groups excluding tert-OH is 1. The Labute approximate surface area is 68.6 Å². The van der Waals surface area contributed by atoms with Gasteiger partial charge < -0.3 is 9.84 Å². The van der Waals surface area contributed by atoms with Crippen LogP contribution in [0.3, 0.4) is 0 Å². The van der Waals surface area contributed by atoms with Crippen molar-refractivity contribution in [2.75, 3.05) is 19.8 Å². The molecule has 2 heteroatoms. The van der Waals surface area contributed by atoms with E-state index < -0.39 is 0 Å². The van der Waals surface area contributed by atoms with E-state index in [0.29, 0.717) is 0 Å². The summed E-state index contributed by atoms with van der Waals surface area (Å²) in [6, 6.07) is 0. The van der Waals surface area contributed by atoms with E-state index in [1.165, 1.54) is 25.7 Å². The summed E-state index contributed by atoms with van der Waals surface area (Å²) in [5, 5.41) is 8.45. The molecule has 1 fully saturated rings. The predicted molar refractivity (Wildman–Crippen MR) is 44.5 cm³/mol. The van der Waals surface area contributed by atoms with E-state index in [2.05, 4.69) is 0 Å². The Morgan fingerprint density at radius 1 is 1.27 bits per heavy atom. The highest BCUT2D eigenvalue weighted by molar-refractivity contribution is 4.68. The monoisotopic (exact) mass is 158 g/mol. The van der Waals surface area contributed by atoms with Crippen LogP contribution in [0.4, 0.5) is 0 Å². The summed E-state index contributed by atoms with van der Waals surface area (Å²) in [5.74, 6) is 0.948. The molecular formula is C9H18O2. The predicted octanol–water partition coefficient (Wildman–Crippen LogP) is 1.58. The summed E-state index contributed by atoms with van der Waals surface area (Å²) < 4.78 is 5.32. The van der Waals surface area contributed by atoms with E-state index in [0.717, 1.165) is 25.6 Å². The molecule has 0 saturated heterocycles. The Bertz CT molecular complexity index is 89.6. The molecule has 1 aliphatic rings. The Kier molecular flexibility index (Phi) is 4.55. The summed E-state index contributed by atoms with van der Waals surface area (Å²) in [6.07, 6.45) is 6.24. The maximum absolute atomic E-state index is 8.45. The molecule has 0 amide bonds. The second kappa shape index (κ2) is 5.56. The van der Waals surface area contributed by atoms with Gasteiger partial charge in [-0.25, -0.2) is 0 Å². The van der Waals surface area contributed by atoms with Crippen LogP contribution in [0.1, 0.15) is 32.1 Å². The maximum atomic E-state index is 8.45. The van der Waals surface area contributed by atoms with Gasteiger partial charge >= 0.3 is 0 Å². The number of hydrogen-bond donors (Lipinski definition) is 1. The fourth-order valence-corrected chi connectivity index (χ4v) is 1.30. The first kappa shape index (κ1) is 9.01. The Morgan fingerprint density at radius 2 is 2.09 bits per heavy atom. The summed E-state index contributed by atoms with van der Waals surface area (Å²) in [4.78, 5) is 0. The number of ether oxygens (including phenoxy) is 1. The van der Waals surface area contributed by atoms with E-state index in [1.54, 1.807) is 0 Å².